The van der Waals surface area contributed by atoms with E-state index in [2.05, 4.69) is 36.5 Å². The van der Waals surface area contributed by atoms with Crippen LogP contribution in [0.15, 0.2) is 72.8 Å². The molecule has 1 N–H and O–H groups in total. The Balaban J connectivity index is 1.51. The molecule has 24 heavy (non-hydrogen) atoms. The van der Waals surface area contributed by atoms with Crippen LogP contribution in [-0.2, 0) is 13.2 Å². The zero-order valence-corrected chi connectivity index (χ0v) is 13.6. The van der Waals surface area contributed by atoms with Crippen molar-refractivity contribution in [2.24, 2.45) is 0 Å². The fourth-order valence-corrected chi connectivity index (χ4v) is 2.33. The molecule has 0 aliphatic carbocycles. The molecule has 0 aliphatic heterocycles. The van der Waals surface area contributed by atoms with Gasteiger partial charge in [0.1, 0.15) is 18.2 Å². The second kappa shape index (κ2) is 7.64. The van der Waals surface area contributed by atoms with Crippen LogP contribution in [0.5, 0.6) is 5.75 Å². The third kappa shape index (κ3) is 4.59. The Hall–Kier alpha value is -2.81. The van der Waals surface area contributed by atoms with Crippen LogP contribution < -0.4 is 10.1 Å². The Labute approximate surface area is 141 Å². The summed E-state index contributed by atoms with van der Waals surface area (Å²) in [7, 11) is 0. The fraction of sp³-hybridized carbons (Fsp3) is 0.143. The third-order valence-corrected chi connectivity index (χ3v) is 3.79. The molecule has 0 spiro atoms. The number of aryl methyl sites for hydroxylation is 1. The van der Waals surface area contributed by atoms with E-state index in [1.165, 1.54) is 17.7 Å². The SMILES string of the molecule is Cc1ccc(COc2ccc(CNc3ccc(F)cc3)cc2)cc1. The highest BCUT2D eigenvalue weighted by Crippen LogP contribution is 2.16. The Morgan fingerprint density at radius 3 is 2.08 bits per heavy atom. The molecule has 0 bridgehead atoms. The Bertz CT molecular complexity index is 696. The second-order valence-corrected chi connectivity index (χ2v) is 5.78. The van der Waals surface area contributed by atoms with Gasteiger partial charge in [0.15, 0.2) is 0 Å². The lowest BCUT2D eigenvalue weighted by atomic mass is 10.2. The van der Waals surface area contributed by atoms with Crippen molar-refractivity contribution >= 4 is 5.69 Å². The van der Waals surface area contributed by atoms with Crippen molar-refractivity contribution in [1.29, 1.82) is 0 Å². The highest BCUT2D eigenvalue weighted by Gasteiger charge is 1.99. The van der Waals surface area contributed by atoms with Crippen LogP contribution in [0.2, 0.25) is 0 Å². The predicted octanol–water partition coefficient (Wildman–Crippen LogP) is 5.33. The largest absolute Gasteiger partial charge is 0.489 e. The van der Waals surface area contributed by atoms with Gasteiger partial charge in [0.2, 0.25) is 0 Å². The summed E-state index contributed by atoms with van der Waals surface area (Å²) in [5.74, 6) is 0.622. The van der Waals surface area contributed by atoms with Crippen LogP contribution in [0.4, 0.5) is 10.1 Å². The van der Waals surface area contributed by atoms with Gasteiger partial charge in [-0.05, 0) is 54.4 Å². The summed E-state index contributed by atoms with van der Waals surface area (Å²) in [6.45, 7) is 3.32. The van der Waals surface area contributed by atoms with Crippen LogP contribution in [-0.4, -0.2) is 0 Å². The first-order valence-electron chi connectivity index (χ1n) is 7.96. The van der Waals surface area contributed by atoms with Crippen molar-refractivity contribution in [3.05, 3.63) is 95.3 Å². The molecule has 3 rings (SSSR count). The molecule has 3 aromatic rings. The van der Waals surface area contributed by atoms with Crippen LogP contribution in [0, 0.1) is 12.7 Å². The molecular weight excluding hydrogens is 301 g/mol. The molecule has 0 amide bonds. The van der Waals surface area contributed by atoms with Gasteiger partial charge in [0.25, 0.3) is 0 Å². The highest BCUT2D eigenvalue weighted by atomic mass is 19.1. The Kier molecular flexibility index (Phi) is 5.12. The van der Waals surface area contributed by atoms with E-state index in [0.29, 0.717) is 13.2 Å². The highest BCUT2D eigenvalue weighted by molar-refractivity contribution is 5.43. The number of ether oxygens (including phenoxy) is 1. The number of rotatable bonds is 6. The summed E-state index contributed by atoms with van der Waals surface area (Å²) in [6, 6.07) is 22.7. The number of hydrogen-bond acceptors (Lipinski definition) is 2. The summed E-state index contributed by atoms with van der Waals surface area (Å²) in [6.07, 6.45) is 0. The first-order valence-corrected chi connectivity index (χ1v) is 7.96. The van der Waals surface area contributed by atoms with Gasteiger partial charge in [-0.3, -0.25) is 0 Å². The molecule has 3 aromatic carbocycles. The van der Waals surface area contributed by atoms with Gasteiger partial charge >= 0.3 is 0 Å². The molecule has 0 unspecified atom stereocenters. The maximum atomic E-state index is 12.9. The van der Waals surface area contributed by atoms with Crippen LogP contribution in [0.1, 0.15) is 16.7 Å². The minimum Gasteiger partial charge on any atom is -0.489 e. The van der Waals surface area contributed by atoms with Crippen molar-refractivity contribution in [2.45, 2.75) is 20.1 Å². The lowest BCUT2D eigenvalue weighted by Crippen LogP contribution is -2.00. The fourth-order valence-electron chi connectivity index (χ4n) is 2.33. The quantitative estimate of drug-likeness (QED) is 0.663. The molecule has 2 nitrogen and oxygen atoms in total. The molecule has 122 valence electrons. The van der Waals surface area contributed by atoms with E-state index in [9.17, 15) is 4.39 Å². The maximum absolute atomic E-state index is 12.9. The van der Waals surface area contributed by atoms with Crippen molar-refractivity contribution in [2.75, 3.05) is 5.32 Å². The first kappa shape index (κ1) is 16.1. The molecule has 0 radical (unpaired) electrons. The van der Waals surface area contributed by atoms with Gasteiger partial charge in [-0.1, -0.05) is 42.0 Å². The average molecular weight is 321 g/mol. The van der Waals surface area contributed by atoms with Gasteiger partial charge in [-0.25, -0.2) is 4.39 Å². The van der Waals surface area contributed by atoms with E-state index in [1.54, 1.807) is 12.1 Å². The molecule has 0 saturated heterocycles. The smallest absolute Gasteiger partial charge is 0.123 e. The summed E-state index contributed by atoms with van der Waals surface area (Å²) in [4.78, 5) is 0. The van der Waals surface area contributed by atoms with Gasteiger partial charge in [0.05, 0.1) is 0 Å². The topological polar surface area (TPSA) is 21.3 Å². The van der Waals surface area contributed by atoms with Crippen LogP contribution >= 0.6 is 0 Å². The lowest BCUT2D eigenvalue weighted by molar-refractivity contribution is 0.306. The van der Waals surface area contributed by atoms with E-state index in [-0.39, 0.29) is 5.82 Å². The van der Waals surface area contributed by atoms with Gasteiger partial charge in [-0.2, -0.15) is 0 Å². The minimum atomic E-state index is -0.226. The first-order chi connectivity index (χ1) is 11.7. The Morgan fingerprint density at radius 1 is 0.792 bits per heavy atom. The molecular formula is C21H20FNO. The van der Waals surface area contributed by atoms with E-state index in [1.807, 2.05) is 24.3 Å². The normalized spacial score (nSPS) is 10.4. The molecule has 3 heteroatoms. The summed E-state index contributed by atoms with van der Waals surface area (Å²) >= 11 is 0. The maximum Gasteiger partial charge on any atom is 0.123 e. The number of benzene rings is 3. The van der Waals surface area contributed by atoms with E-state index >= 15 is 0 Å². The number of nitrogens with one attached hydrogen (secondary N) is 1. The van der Waals surface area contributed by atoms with Gasteiger partial charge in [0, 0.05) is 12.2 Å². The molecule has 0 aliphatic rings. The molecule has 0 fully saturated rings. The lowest BCUT2D eigenvalue weighted by Gasteiger charge is -2.09. The van der Waals surface area contributed by atoms with E-state index in [0.717, 1.165) is 22.6 Å². The zero-order chi connectivity index (χ0) is 16.8. The summed E-state index contributed by atoms with van der Waals surface area (Å²) < 4.78 is 18.7. The minimum absolute atomic E-state index is 0.226. The Morgan fingerprint density at radius 2 is 1.42 bits per heavy atom. The van der Waals surface area contributed by atoms with Crippen LogP contribution in [0.3, 0.4) is 0 Å². The second-order valence-electron chi connectivity index (χ2n) is 5.78. The molecule has 0 aromatic heterocycles. The molecule has 0 atom stereocenters. The summed E-state index contributed by atoms with van der Waals surface area (Å²) in [5, 5.41) is 3.26. The molecule has 0 saturated carbocycles. The van der Waals surface area contributed by atoms with Crippen molar-refractivity contribution in [3.63, 3.8) is 0 Å². The van der Waals surface area contributed by atoms with Crippen molar-refractivity contribution in [3.8, 4) is 5.75 Å². The standard InChI is InChI=1S/C21H20FNO/c1-16-2-4-18(5-3-16)15-24-21-12-6-17(7-13-21)14-23-20-10-8-19(22)9-11-20/h2-13,23H,14-15H2,1H3. The van der Waals surface area contributed by atoms with Gasteiger partial charge in [-0.15, -0.1) is 0 Å². The third-order valence-electron chi connectivity index (χ3n) is 3.79. The van der Waals surface area contributed by atoms with Crippen molar-refractivity contribution < 1.29 is 9.13 Å². The number of anilines is 1. The predicted molar refractivity (Wildman–Crippen MR) is 95.7 cm³/mol. The number of halogens is 1. The monoisotopic (exact) mass is 321 g/mol. The number of hydrogen-bond donors (Lipinski definition) is 1. The van der Waals surface area contributed by atoms with Gasteiger partial charge < -0.3 is 10.1 Å². The van der Waals surface area contributed by atoms with E-state index in [4.69, 9.17) is 4.74 Å². The van der Waals surface area contributed by atoms with Crippen LogP contribution in [0.25, 0.3) is 0 Å². The average Bonchev–Trinajstić information content (AvgIpc) is 2.62. The summed E-state index contributed by atoms with van der Waals surface area (Å²) in [5.41, 5.74) is 4.44. The van der Waals surface area contributed by atoms with Crippen molar-refractivity contribution in [1.82, 2.24) is 0 Å². The zero-order valence-electron chi connectivity index (χ0n) is 13.6. The van der Waals surface area contributed by atoms with E-state index < -0.39 is 0 Å². The molecule has 0 heterocycles.